The third-order valence-electron chi connectivity index (χ3n) is 2.25. The van der Waals surface area contributed by atoms with E-state index in [1.165, 1.54) is 0 Å². The van der Waals surface area contributed by atoms with Crippen molar-refractivity contribution in [2.75, 3.05) is 0 Å². The lowest BCUT2D eigenvalue weighted by molar-refractivity contribution is -0.122. The molecule has 0 heterocycles. The minimum absolute atomic E-state index is 0. The molecule has 1 aromatic rings. The van der Waals surface area contributed by atoms with Gasteiger partial charge in [0.1, 0.15) is 0 Å². The van der Waals surface area contributed by atoms with Gasteiger partial charge in [0, 0.05) is 17.5 Å². The van der Waals surface area contributed by atoms with Crippen LogP contribution in [0, 0.1) is 0 Å². The molecule has 1 amide bonds. The molecule has 0 radical (unpaired) electrons. The number of amides is 1. The lowest BCUT2D eigenvalue weighted by Gasteiger charge is -2.15. The van der Waals surface area contributed by atoms with Gasteiger partial charge in [0.05, 0.1) is 6.04 Å². The van der Waals surface area contributed by atoms with Gasteiger partial charge in [-0.05, 0) is 31.5 Å². The monoisotopic (exact) mass is 276 g/mol. The Labute approximate surface area is 113 Å². The molecule has 0 fully saturated rings. The summed E-state index contributed by atoms with van der Waals surface area (Å²) in [7, 11) is 0. The van der Waals surface area contributed by atoms with Gasteiger partial charge in [-0.1, -0.05) is 23.7 Å². The van der Waals surface area contributed by atoms with E-state index in [0.717, 1.165) is 5.56 Å². The molecule has 17 heavy (non-hydrogen) atoms. The fourth-order valence-electron chi connectivity index (χ4n) is 1.43. The molecule has 1 aromatic carbocycles. The highest BCUT2D eigenvalue weighted by Gasteiger charge is 2.10. The average molecular weight is 277 g/mol. The summed E-state index contributed by atoms with van der Waals surface area (Å²) in [6.07, 6.45) is 0.345. The second-order valence-electron chi connectivity index (χ2n) is 4.02. The predicted molar refractivity (Wildman–Crippen MR) is 73.5 cm³/mol. The first kappa shape index (κ1) is 16.2. The fourth-order valence-corrected chi connectivity index (χ4v) is 1.55. The van der Waals surface area contributed by atoms with Crippen LogP contribution in [0.2, 0.25) is 5.02 Å². The van der Waals surface area contributed by atoms with Gasteiger partial charge in [-0.25, -0.2) is 0 Å². The number of benzene rings is 1. The third-order valence-corrected chi connectivity index (χ3v) is 2.51. The van der Waals surface area contributed by atoms with Crippen molar-refractivity contribution in [2.45, 2.75) is 32.4 Å². The van der Waals surface area contributed by atoms with Gasteiger partial charge in [0.2, 0.25) is 5.91 Å². The Morgan fingerprint density at radius 1 is 1.35 bits per heavy atom. The topological polar surface area (TPSA) is 55.1 Å². The quantitative estimate of drug-likeness (QED) is 0.889. The molecule has 0 saturated carbocycles. The minimum atomic E-state index is -0.114. The summed E-state index contributed by atoms with van der Waals surface area (Å²) >= 11 is 5.79. The smallest absolute Gasteiger partial charge is 0.222 e. The Hall–Kier alpha value is -0.770. The van der Waals surface area contributed by atoms with E-state index in [-0.39, 0.29) is 30.4 Å². The van der Waals surface area contributed by atoms with E-state index < -0.39 is 0 Å². The number of carbonyl (C=O) groups excluding carboxylic acids is 1. The van der Waals surface area contributed by atoms with Crippen molar-refractivity contribution in [3.05, 3.63) is 34.9 Å². The molecule has 1 rings (SSSR count). The van der Waals surface area contributed by atoms with Crippen molar-refractivity contribution in [3.63, 3.8) is 0 Å². The van der Waals surface area contributed by atoms with Crippen molar-refractivity contribution in [2.24, 2.45) is 5.73 Å². The van der Waals surface area contributed by atoms with Crippen LogP contribution in [-0.4, -0.2) is 11.9 Å². The molecule has 0 aliphatic heterocycles. The predicted octanol–water partition coefficient (Wildman–Crippen LogP) is 2.68. The number of carbonyl (C=O) groups is 1. The standard InChI is InChI=1S/C12H17ClN2O.ClH/c1-8(14)7-12(16)15-9(2)10-3-5-11(13)6-4-10;/h3-6,8-9H,7,14H2,1-2H3,(H,15,16);1H. The Morgan fingerprint density at radius 3 is 2.35 bits per heavy atom. The highest BCUT2D eigenvalue weighted by atomic mass is 35.5. The number of halogens is 2. The van der Waals surface area contributed by atoms with Gasteiger partial charge < -0.3 is 11.1 Å². The molecule has 2 unspecified atom stereocenters. The van der Waals surface area contributed by atoms with Crippen molar-refractivity contribution >= 4 is 29.9 Å². The molecule has 2 atom stereocenters. The highest BCUT2D eigenvalue weighted by Crippen LogP contribution is 2.16. The number of hydrogen-bond donors (Lipinski definition) is 2. The maximum Gasteiger partial charge on any atom is 0.222 e. The van der Waals surface area contributed by atoms with Crippen LogP contribution in [0.25, 0.3) is 0 Å². The summed E-state index contributed by atoms with van der Waals surface area (Å²) < 4.78 is 0. The van der Waals surface area contributed by atoms with E-state index in [2.05, 4.69) is 5.32 Å². The van der Waals surface area contributed by atoms with E-state index in [0.29, 0.717) is 11.4 Å². The van der Waals surface area contributed by atoms with Crippen LogP contribution in [-0.2, 0) is 4.79 Å². The molecule has 0 aromatic heterocycles. The van der Waals surface area contributed by atoms with Gasteiger partial charge in [-0.15, -0.1) is 12.4 Å². The van der Waals surface area contributed by atoms with E-state index in [9.17, 15) is 4.79 Å². The number of rotatable bonds is 4. The van der Waals surface area contributed by atoms with Gasteiger partial charge in [-0.3, -0.25) is 4.79 Å². The minimum Gasteiger partial charge on any atom is -0.350 e. The number of hydrogen-bond acceptors (Lipinski definition) is 2. The third kappa shape index (κ3) is 5.91. The maximum absolute atomic E-state index is 11.5. The van der Waals surface area contributed by atoms with E-state index >= 15 is 0 Å². The maximum atomic E-state index is 11.5. The molecule has 5 heteroatoms. The summed E-state index contributed by atoms with van der Waals surface area (Å²) in [4.78, 5) is 11.5. The van der Waals surface area contributed by atoms with E-state index in [1.54, 1.807) is 0 Å². The Bertz CT molecular complexity index is 352. The summed E-state index contributed by atoms with van der Waals surface area (Å²) in [5.74, 6) is -0.0301. The van der Waals surface area contributed by atoms with E-state index in [1.807, 2.05) is 38.1 Å². The van der Waals surface area contributed by atoms with Crippen LogP contribution in [0.1, 0.15) is 31.9 Å². The largest absolute Gasteiger partial charge is 0.350 e. The van der Waals surface area contributed by atoms with Crippen LogP contribution in [0.15, 0.2) is 24.3 Å². The second kappa shape index (κ2) is 7.54. The lowest BCUT2D eigenvalue weighted by atomic mass is 10.1. The molecule has 0 bridgehead atoms. The lowest BCUT2D eigenvalue weighted by Crippen LogP contribution is -2.31. The van der Waals surface area contributed by atoms with Gasteiger partial charge in [0.15, 0.2) is 0 Å². The van der Waals surface area contributed by atoms with Crippen LogP contribution in [0.3, 0.4) is 0 Å². The zero-order chi connectivity index (χ0) is 12.1. The Morgan fingerprint density at radius 2 is 1.88 bits per heavy atom. The van der Waals surface area contributed by atoms with Gasteiger partial charge >= 0.3 is 0 Å². The van der Waals surface area contributed by atoms with Crippen molar-refractivity contribution in [1.29, 1.82) is 0 Å². The molecule has 3 N–H and O–H groups in total. The summed E-state index contributed by atoms with van der Waals surface area (Å²) in [5.41, 5.74) is 6.58. The van der Waals surface area contributed by atoms with Crippen molar-refractivity contribution in [3.8, 4) is 0 Å². The Balaban J connectivity index is 0.00000256. The fraction of sp³-hybridized carbons (Fsp3) is 0.417. The highest BCUT2D eigenvalue weighted by molar-refractivity contribution is 6.30. The molecule has 96 valence electrons. The SMILES string of the molecule is CC(N)CC(=O)NC(C)c1ccc(Cl)cc1.Cl. The first-order chi connectivity index (χ1) is 7.49. The van der Waals surface area contributed by atoms with Gasteiger partial charge in [-0.2, -0.15) is 0 Å². The molecular weight excluding hydrogens is 259 g/mol. The Kier molecular flexibility index (Phi) is 7.19. The normalized spacial score (nSPS) is 13.4. The second-order valence-corrected chi connectivity index (χ2v) is 4.46. The first-order valence-electron chi connectivity index (χ1n) is 5.29. The van der Waals surface area contributed by atoms with Gasteiger partial charge in [0.25, 0.3) is 0 Å². The van der Waals surface area contributed by atoms with Crippen LogP contribution >= 0.6 is 24.0 Å². The van der Waals surface area contributed by atoms with Crippen LogP contribution in [0.4, 0.5) is 0 Å². The zero-order valence-corrected chi connectivity index (χ0v) is 11.5. The molecule has 0 saturated heterocycles. The summed E-state index contributed by atoms with van der Waals surface area (Å²) in [6.45, 7) is 3.74. The molecular formula is C12H18Cl2N2O. The summed E-state index contributed by atoms with van der Waals surface area (Å²) in [6, 6.07) is 7.29. The van der Waals surface area contributed by atoms with Crippen LogP contribution < -0.4 is 11.1 Å². The number of nitrogens with two attached hydrogens (primary N) is 1. The zero-order valence-electron chi connectivity index (χ0n) is 9.94. The molecule has 3 nitrogen and oxygen atoms in total. The molecule has 0 aliphatic rings. The van der Waals surface area contributed by atoms with Crippen LogP contribution in [0.5, 0.6) is 0 Å². The van der Waals surface area contributed by atoms with Crippen molar-refractivity contribution in [1.82, 2.24) is 5.32 Å². The average Bonchev–Trinajstić information content (AvgIpc) is 2.16. The molecule has 0 aliphatic carbocycles. The van der Waals surface area contributed by atoms with Crippen molar-refractivity contribution < 1.29 is 4.79 Å². The first-order valence-corrected chi connectivity index (χ1v) is 5.67. The van der Waals surface area contributed by atoms with E-state index in [4.69, 9.17) is 17.3 Å². The summed E-state index contributed by atoms with van der Waals surface area (Å²) in [5, 5.41) is 3.58. The molecule has 0 spiro atoms. The number of nitrogens with one attached hydrogen (secondary N) is 1.